The normalized spacial score (nSPS) is 17.2. The highest BCUT2D eigenvalue weighted by molar-refractivity contribution is 5.85. The summed E-state index contributed by atoms with van der Waals surface area (Å²) in [5.74, 6) is 2.41. The van der Waals surface area contributed by atoms with Crippen LogP contribution in [-0.2, 0) is 4.79 Å². The van der Waals surface area contributed by atoms with Gasteiger partial charge in [0, 0.05) is 26.2 Å². The van der Waals surface area contributed by atoms with E-state index in [2.05, 4.69) is 21.5 Å². The van der Waals surface area contributed by atoms with Crippen LogP contribution in [0.15, 0.2) is 0 Å². The van der Waals surface area contributed by atoms with Crippen LogP contribution in [0.3, 0.4) is 0 Å². The molecule has 0 aliphatic carbocycles. The van der Waals surface area contributed by atoms with E-state index in [9.17, 15) is 4.79 Å². The van der Waals surface area contributed by atoms with Gasteiger partial charge in [0.1, 0.15) is 0 Å². The average Bonchev–Trinajstić information content (AvgIpc) is 2.26. The van der Waals surface area contributed by atoms with E-state index in [4.69, 9.17) is 6.42 Å². The van der Waals surface area contributed by atoms with Crippen LogP contribution < -0.4 is 10.6 Å². The fraction of sp³-hybridized carbons (Fsp3) is 0.700. The molecule has 16 heavy (non-hydrogen) atoms. The predicted molar refractivity (Wildman–Crippen MR) is 70.2 cm³/mol. The van der Waals surface area contributed by atoms with Gasteiger partial charge in [-0.25, -0.2) is 0 Å². The van der Waals surface area contributed by atoms with Crippen LogP contribution in [-0.4, -0.2) is 49.6 Å². The summed E-state index contributed by atoms with van der Waals surface area (Å²) in [7, 11) is 0. The van der Waals surface area contributed by atoms with Gasteiger partial charge >= 0.3 is 0 Å². The van der Waals surface area contributed by atoms with Gasteiger partial charge in [-0.1, -0.05) is 5.92 Å². The molecule has 1 amide bonds. The van der Waals surface area contributed by atoms with Crippen molar-refractivity contribution in [3.05, 3.63) is 0 Å². The van der Waals surface area contributed by atoms with Crippen LogP contribution >= 0.6 is 24.8 Å². The summed E-state index contributed by atoms with van der Waals surface area (Å²) >= 11 is 0. The second kappa shape index (κ2) is 9.73. The zero-order valence-electron chi connectivity index (χ0n) is 9.36. The van der Waals surface area contributed by atoms with Gasteiger partial charge in [-0.15, -0.1) is 31.2 Å². The van der Waals surface area contributed by atoms with Crippen molar-refractivity contribution < 1.29 is 4.79 Å². The number of nitrogens with zero attached hydrogens (tertiary/aromatic N) is 1. The van der Waals surface area contributed by atoms with Crippen LogP contribution in [0.25, 0.3) is 0 Å². The fourth-order valence-corrected chi connectivity index (χ4v) is 1.52. The Labute approximate surface area is 109 Å². The van der Waals surface area contributed by atoms with E-state index < -0.39 is 0 Å². The molecule has 1 unspecified atom stereocenters. The number of carbonyl (C=O) groups is 1. The summed E-state index contributed by atoms with van der Waals surface area (Å²) in [6, 6.07) is -0.0783. The van der Waals surface area contributed by atoms with E-state index in [0.29, 0.717) is 6.54 Å². The minimum Gasteiger partial charge on any atom is -0.344 e. The summed E-state index contributed by atoms with van der Waals surface area (Å²) in [6.07, 6.45) is 5.07. The van der Waals surface area contributed by atoms with E-state index in [-0.39, 0.29) is 36.8 Å². The molecule has 2 N–H and O–H groups in total. The van der Waals surface area contributed by atoms with Gasteiger partial charge in [-0.3, -0.25) is 9.69 Å². The molecule has 1 fully saturated rings. The van der Waals surface area contributed by atoms with Crippen molar-refractivity contribution in [2.45, 2.75) is 13.0 Å². The van der Waals surface area contributed by atoms with Gasteiger partial charge in [0.15, 0.2) is 0 Å². The van der Waals surface area contributed by atoms with Crippen molar-refractivity contribution in [1.29, 1.82) is 0 Å². The monoisotopic (exact) mass is 267 g/mol. The Bertz CT molecular complexity index is 237. The number of amides is 1. The number of hydrogen-bond acceptors (Lipinski definition) is 3. The Morgan fingerprint density at radius 3 is 2.56 bits per heavy atom. The summed E-state index contributed by atoms with van der Waals surface area (Å²) < 4.78 is 0. The van der Waals surface area contributed by atoms with Crippen LogP contribution in [0.5, 0.6) is 0 Å². The number of hydrogen-bond donors (Lipinski definition) is 2. The first-order chi connectivity index (χ1) is 6.75. The van der Waals surface area contributed by atoms with E-state index in [1.807, 2.05) is 6.92 Å². The third kappa shape index (κ3) is 5.57. The lowest BCUT2D eigenvalue weighted by atomic mass is 10.2. The van der Waals surface area contributed by atoms with Crippen molar-refractivity contribution in [2.75, 3.05) is 32.7 Å². The van der Waals surface area contributed by atoms with Crippen molar-refractivity contribution in [1.82, 2.24) is 15.5 Å². The van der Waals surface area contributed by atoms with E-state index >= 15 is 0 Å². The van der Waals surface area contributed by atoms with Gasteiger partial charge < -0.3 is 10.6 Å². The fourth-order valence-electron chi connectivity index (χ4n) is 1.52. The van der Waals surface area contributed by atoms with Crippen LogP contribution in [0.4, 0.5) is 0 Å². The molecule has 0 radical (unpaired) electrons. The molecule has 6 heteroatoms. The first-order valence-electron chi connectivity index (χ1n) is 4.91. The quantitative estimate of drug-likeness (QED) is 0.701. The van der Waals surface area contributed by atoms with Gasteiger partial charge in [0.25, 0.3) is 0 Å². The molecule has 1 heterocycles. The molecule has 0 aromatic rings. The van der Waals surface area contributed by atoms with Crippen LogP contribution in [0.2, 0.25) is 0 Å². The second-order valence-corrected chi connectivity index (χ2v) is 3.38. The Morgan fingerprint density at radius 2 is 2.06 bits per heavy atom. The number of rotatable bonds is 3. The molecule has 0 aromatic heterocycles. The molecule has 1 atom stereocenters. The lowest BCUT2D eigenvalue weighted by Gasteiger charge is -2.31. The van der Waals surface area contributed by atoms with Crippen molar-refractivity contribution >= 4 is 30.7 Å². The molecule has 1 saturated heterocycles. The molecular weight excluding hydrogens is 249 g/mol. The lowest BCUT2D eigenvalue weighted by Crippen LogP contribution is -2.52. The minimum atomic E-state index is -0.0783. The Kier molecular flexibility index (Phi) is 10.9. The van der Waals surface area contributed by atoms with E-state index in [1.54, 1.807) is 0 Å². The standard InChI is InChI=1S/C10H17N3O.2ClH/c1-3-4-12-10(14)9(2)13-7-5-11-6-8-13;;/h1,9,11H,4-8H2,2H3,(H,12,14);2*1H. The largest absolute Gasteiger partial charge is 0.344 e. The number of piperazine rings is 1. The maximum absolute atomic E-state index is 11.5. The second-order valence-electron chi connectivity index (χ2n) is 3.38. The molecule has 0 saturated carbocycles. The molecule has 0 bridgehead atoms. The maximum Gasteiger partial charge on any atom is 0.237 e. The van der Waals surface area contributed by atoms with Crippen LogP contribution in [0.1, 0.15) is 6.92 Å². The molecule has 1 aliphatic rings. The lowest BCUT2D eigenvalue weighted by molar-refractivity contribution is -0.125. The highest BCUT2D eigenvalue weighted by atomic mass is 35.5. The summed E-state index contributed by atoms with van der Waals surface area (Å²) in [5.41, 5.74) is 0. The van der Waals surface area contributed by atoms with Gasteiger partial charge in [0.05, 0.1) is 12.6 Å². The first kappa shape index (κ1) is 17.9. The SMILES string of the molecule is C#CCNC(=O)C(C)N1CCNCC1.Cl.Cl. The first-order valence-corrected chi connectivity index (χ1v) is 4.91. The predicted octanol–water partition coefficient (Wildman–Crippen LogP) is -0.127. The van der Waals surface area contributed by atoms with E-state index in [1.165, 1.54) is 0 Å². The van der Waals surface area contributed by atoms with Crippen molar-refractivity contribution in [3.63, 3.8) is 0 Å². The van der Waals surface area contributed by atoms with Gasteiger partial charge in [-0.2, -0.15) is 0 Å². The zero-order valence-corrected chi connectivity index (χ0v) is 11.0. The molecule has 0 aromatic carbocycles. The maximum atomic E-state index is 11.5. The molecule has 4 nitrogen and oxygen atoms in total. The number of carbonyl (C=O) groups excluding carboxylic acids is 1. The minimum absolute atomic E-state index is 0. The van der Waals surface area contributed by atoms with Gasteiger partial charge in [0.2, 0.25) is 5.91 Å². The van der Waals surface area contributed by atoms with Crippen LogP contribution in [0, 0.1) is 12.3 Å². The van der Waals surface area contributed by atoms with Crippen molar-refractivity contribution in [3.8, 4) is 12.3 Å². The number of nitrogens with one attached hydrogen (secondary N) is 2. The van der Waals surface area contributed by atoms with Gasteiger partial charge in [-0.05, 0) is 6.92 Å². The topological polar surface area (TPSA) is 44.4 Å². The Morgan fingerprint density at radius 1 is 1.50 bits per heavy atom. The molecular formula is C10H19Cl2N3O. The molecule has 1 aliphatic heterocycles. The van der Waals surface area contributed by atoms with Crippen molar-refractivity contribution in [2.24, 2.45) is 0 Å². The van der Waals surface area contributed by atoms with E-state index in [0.717, 1.165) is 26.2 Å². The smallest absolute Gasteiger partial charge is 0.237 e. The summed E-state index contributed by atoms with van der Waals surface area (Å²) in [5, 5.41) is 5.94. The molecule has 1 rings (SSSR count). The molecule has 94 valence electrons. The highest BCUT2D eigenvalue weighted by Crippen LogP contribution is 2.00. The Balaban J connectivity index is 0. The number of halogens is 2. The average molecular weight is 268 g/mol. The third-order valence-corrected chi connectivity index (χ3v) is 2.44. The Hall–Kier alpha value is -0.470. The number of terminal acetylenes is 1. The summed E-state index contributed by atoms with van der Waals surface area (Å²) in [4.78, 5) is 13.7. The molecule has 0 spiro atoms. The third-order valence-electron chi connectivity index (χ3n) is 2.44. The zero-order chi connectivity index (χ0) is 10.4. The summed E-state index contributed by atoms with van der Waals surface area (Å²) in [6.45, 7) is 5.97. The highest BCUT2D eigenvalue weighted by Gasteiger charge is 2.21.